The van der Waals surface area contributed by atoms with Gasteiger partial charge in [0.05, 0.1) is 5.75 Å². The van der Waals surface area contributed by atoms with Gasteiger partial charge >= 0.3 is 12.1 Å². The first-order valence-corrected chi connectivity index (χ1v) is 6.93. The van der Waals surface area contributed by atoms with Gasteiger partial charge in [-0.2, -0.15) is 17.6 Å². The van der Waals surface area contributed by atoms with Crippen LogP contribution in [0.4, 0.5) is 13.2 Å². The van der Waals surface area contributed by atoms with Gasteiger partial charge in [-0.05, 0) is 6.92 Å². The van der Waals surface area contributed by atoms with E-state index in [2.05, 4.69) is 4.40 Å². The van der Waals surface area contributed by atoms with Crippen molar-refractivity contribution in [3.05, 3.63) is 0 Å². The molecule has 2 atom stereocenters. The molecule has 0 amide bonds. The third kappa shape index (κ3) is 6.30. The summed E-state index contributed by atoms with van der Waals surface area (Å²) in [4.78, 5) is 10.3. The van der Waals surface area contributed by atoms with E-state index in [1.54, 1.807) is 0 Å². The van der Waals surface area contributed by atoms with Crippen LogP contribution in [0.3, 0.4) is 0 Å². The number of aliphatic hydroxyl groups is 1. The van der Waals surface area contributed by atoms with E-state index in [1.807, 2.05) is 0 Å². The van der Waals surface area contributed by atoms with Gasteiger partial charge in [-0.15, -0.1) is 0 Å². The van der Waals surface area contributed by atoms with Crippen molar-refractivity contribution in [1.29, 1.82) is 0 Å². The number of carboxylic acids is 1. The van der Waals surface area contributed by atoms with E-state index in [4.69, 9.17) is 15.9 Å². The molecule has 0 heterocycles. The fourth-order valence-corrected chi connectivity index (χ4v) is 1.97. The molecule has 20 heavy (non-hydrogen) atoms. The maximum absolute atomic E-state index is 12.3. The van der Waals surface area contributed by atoms with E-state index in [9.17, 15) is 26.4 Å². The highest BCUT2D eigenvalue weighted by Crippen LogP contribution is 2.32. The van der Waals surface area contributed by atoms with Gasteiger partial charge in [0.15, 0.2) is 5.60 Å². The molecule has 0 radical (unpaired) electrons. The summed E-state index contributed by atoms with van der Waals surface area (Å²) < 4.78 is 62.4. The summed E-state index contributed by atoms with van der Waals surface area (Å²) in [5, 5.41) is 17.5. The zero-order valence-corrected chi connectivity index (χ0v) is 11.3. The highest BCUT2D eigenvalue weighted by Gasteiger charge is 2.49. The largest absolute Gasteiger partial charge is 0.480 e. The Kier molecular flexibility index (Phi) is 6.11. The van der Waals surface area contributed by atoms with Crippen LogP contribution in [0.25, 0.3) is 0 Å². The van der Waals surface area contributed by atoms with Gasteiger partial charge in [-0.25, -0.2) is 8.42 Å². The Morgan fingerprint density at radius 3 is 2.35 bits per heavy atom. The average Bonchev–Trinajstić information content (AvgIpc) is 2.24. The lowest BCUT2D eigenvalue weighted by Crippen LogP contribution is -2.43. The Labute approximate surface area is 113 Å². The lowest BCUT2D eigenvalue weighted by Gasteiger charge is -2.25. The summed E-state index contributed by atoms with van der Waals surface area (Å²) in [5.74, 6) is -2.40. The summed E-state index contributed by atoms with van der Waals surface area (Å²) in [6.07, 6.45) is -5.72. The zero-order valence-electron chi connectivity index (χ0n) is 10.5. The molecule has 4 N–H and O–H groups in total. The van der Waals surface area contributed by atoms with Gasteiger partial charge in [0.2, 0.25) is 0 Å². The minimum absolute atomic E-state index is 0.385. The molecule has 0 aromatic rings. The van der Waals surface area contributed by atoms with Crippen LogP contribution < -0.4 is 5.73 Å². The molecule has 0 aromatic carbocycles. The molecule has 0 aromatic heterocycles. The topological polar surface area (TPSA) is 130 Å². The number of aliphatic carboxylic acids is 1. The highest BCUT2D eigenvalue weighted by atomic mass is 32.2. The molecular formula is C9H15F3N2O5S. The van der Waals surface area contributed by atoms with Crippen LogP contribution in [0.1, 0.15) is 19.8 Å². The Bertz CT molecular complexity index is 472. The number of nitrogens with zero attached hydrogens (tertiary/aromatic N) is 1. The summed E-state index contributed by atoms with van der Waals surface area (Å²) in [5.41, 5.74) is 1.93. The summed E-state index contributed by atoms with van der Waals surface area (Å²) >= 11 is 0. The van der Waals surface area contributed by atoms with Crippen molar-refractivity contribution in [2.45, 2.75) is 37.6 Å². The average molecular weight is 320 g/mol. The van der Waals surface area contributed by atoms with Crippen molar-refractivity contribution in [1.82, 2.24) is 0 Å². The third-order valence-electron chi connectivity index (χ3n) is 2.37. The maximum Gasteiger partial charge on any atom is 0.416 e. The van der Waals surface area contributed by atoms with Crippen LogP contribution >= 0.6 is 0 Å². The van der Waals surface area contributed by atoms with Crippen molar-refractivity contribution in [3.8, 4) is 0 Å². The van der Waals surface area contributed by atoms with Crippen LogP contribution in [0.2, 0.25) is 0 Å². The smallest absolute Gasteiger partial charge is 0.416 e. The van der Waals surface area contributed by atoms with Gasteiger partial charge in [-0.1, -0.05) is 0 Å². The number of rotatable bonds is 7. The molecule has 7 nitrogen and oxygen atoms in total. The van der Waals surface area contributed by atoms with E-state index in [0.29, 0.717) is 13.1 Å². The minimum atomic E-state index is -4.96. The molecule has 11 heteroatoms. The molecule has 1 unspecified atom stereocenters. The Hall–Kier alpha value is -1.20. The molecule has 0 aliphatic carbocycles. The maximum atomic E-state index is 12.3. The summed E-state index contributed by atoms with van der Waals surface area (Å²) in [6, 6.07) is -1.35. The van der Waals surface area contributed by atoms with Crippen LogP contribution in [0.15, 0.2) is 4.40 Å². The summed E-state index contributed by atoms with van der Waals surface area (Å²) in [6.45, 7) is 0.451. The molecule has 0 fully saturated rings. The van der Waals surface area contributed by atoms with Crippen molar-refractivity contribution < 1.29 is 36.6 Å². The van der Waals surface area contributed by atoms with Gasteiger partial charge in [0.1, 0.15) is 6.04 Å². The Morgan fingerprint density at radius 1 is 1.45 bits per heavy atom. The van der Waals surface area contributed by atoms with Gasteiger partial charge < -0.3 is 15.9 Å². The van der Waals surface area contributed by atoms with Crippen molar-refractivity contribution in [3.63, 3.8) is 0 Å². The SMILES string of the molecule is CC(O)(CCS(=O)(=O)N=CC[C@H](N)C(=O)O)C(F)(F)F. The molecule has 0 bridgehead atoms. The first-order chi connectivity index (χ1) is 8.78. The minimum Gasteiger partial charge on any atom is -0.480 e. The number of sulfonamides is 1. The number of alkyl halides is 3. The number of halogens is 3. The molecule has 118 valence electrons. The number of carboxylic acid groups (broad SMARTS) is 1. The van der Waals surface area contributed by atoms with Crippen molar-refractivity contribution in [2.75, 3.05) is 5.75 Å². The quantitative estimate of drug-likeness (QED) is 0.561. The van der Waals surface area contributed by atoms with Crippen LogP contribution in [-0.4, -0.2) is 54.4 Å². The summed E-state index contributed by atoms with van der Waals surface area (Å²) in [7, 11) is -4.24. The second-order valence-corrected chi connectivity index (χ2v) is 6.06. The predicted molar refractivity (Wildman–Crippen MR) is 63.8 cm³/mol. The Balaban J connectivity index is 4.56. The number of nitrogens with two attached hydrogens (primary N) is 1. The van der Waals surface area contributed by atoms with E-state index in [1.165, 1.54) is 0 Å². The van der Waals surface area contributed by atoms with E-state index in [-0.39, 0.29) is 6.42 Å². The molecule has 0 rings (SSSR count). The fourth-order valence-electron chi connectivity index (χ4n) is 0.893. The van der Waals surface area contributed by atoms with Gasteiger partial charge in [0.25, 0.3) is 10.0 Å². The van der Waals surface area contributed by atoms with Crippen molar-refractivity contribution in [2.24, 2.45) is 10.1 Å². The van der Waals surface area contributed by atoms with Crippen LogP contribution in [0.5, 0.6) is 0 Å². The lowest BCUT2D eigenvalue weighted by molar-refractivity contribution is -0.253. The number of hydrogen-bond donors (Lipinski definition) is 3. The van der Waals surface area contributed by atoms with Gasteiger partial charge in [0, 0.05) is 19.1 Å². The standard InChI is InChI=1S/C9H15F3N2O5S/c1-8(17,9(10,11)12)3-5-20(18,19)14-4-2-6(13)7(15)16/h4,6,17H,2-3,5,13H2,1H3,(H,15,16)/t6-,8?/m0/s1. The first-order valence-electron chi connectivity index (χ1n) is 5.32. The molecule has 0 aliphatic rings. The first kappa shape index (κ1) is 18.8. The highest BCUT2D eigenvalue weighted by molar-refractivity contribution is 7.90. The molecule has 0 aliphatic heterocycles. The zero-order chi connectivity index (χ0) is 16.2. The molecule has 0 spiro atoms. The fraction of sp³-hybridized carbons (Fsp3) is 0.778. The second-order valence-electron chi connectivity index (χ2n) is 4.28. The van der Waals surface area contributed by atoms with Crippen LogP contribution in [0, 0.1) is 0 Å². The predicted octanol–water partition coefficient (Wildman–Crippen LogP) is -0.108. The molecular weight excluding hydrogens is 305 g/mol. The molecule has 0 saturated carbocycles. The van der Waals surface area contributed by atoms with E-state index in [0.717, 1.165) is 0 Å². The lowest BCUT2D eigenvalue weighted by atomic mass is 10.0. The van der Waals surface area contributed by atoms with E-state index >= 15 is 0 Å². The van der Waals surface area contributed by atoms with Crippen LogP contribution in [-0.2, 0) is 14.8 Å². The second kappa shape index (κ2) is 6.50. The van der Waals surface area contributed by atoms with E-state index < -0.39 is 46.0 Å². The molecule has 0 saturated heterocycles. The van der Waals surface area contributed by atoms with Crippen molar-refractivity contribution >= 4 is 22.2 Å². The monoisotopic (exact) mass is 320 g/mol. The number of carbonyl (C=O) groups is 1. The third-order valence-corrected chi connectivity index (χ3v) is 3.56. The Morgan fingerprint density at radius 2 is 1.95 bits per heavy atom. The normalized spacial score (nSPS) is 17.9. The number of hydrogen-bond acceptors (Lipinski definition) is 5. The van der Waals surface area contributed by atoms with Gasteiger partial charge in [-0.3, -0.25) is 4.79 Å².